The van der Waals surface area contributed by atoms with E-state index in [4.69, 9.17) is 6.42 Å². The van der Waals surface area contributed by atoms with Gasteiger partial charge in [0.15, 0.2) is 0 Å². The summed E-state index contributed by atoms with van der Waals surface area (Å²) in [6.07, 6.45) is 6.47. The van der Waals surface area contributed by atoms with Crippen molar-refractivity contribution in [3.8, 4) is 12.3 Å². The van der Waals surface area contributed by atoms with Gasteiger partial charge in [0, 0.05) is 0 Å². The maximum atomic E-state index is 5.01. The third-order valence-corrected chi connectivity index (χ3v) is 0.984. The molecule has 1 heterocycles. The highest BCUT2D eigenvalue weighted by Gasteiger charge is 1.90. The summed E-state index contributed by atoms with van der Waals surface area (Å²) >= 11 is 0. The largest absolute Gasteiger partial charge is 0.299 e. The molecule has 10 heavy (non-hydrogen) atoms. The van der Waals surface area contributed by atoms with Crippen molar-refractivity contribution < 1.29 is 0 Å². The molecule has 0 fully saturated rings. The highest BCUT2D eigenvalue weighted by molar-refractivity contribution is 4.88. The first-order valence-corrected chi connectivity index (χ1v) is 2.92. The predicted octanol–water partition coefficient (Wildman–Crippen LogP) is -0.473. The van der Waals surface area contributed by atoms with Crippen LogP contribution in [0.1, 0.15) is 5.82 Å². The molecule has 0 amide bonds. The second-order valence-electron chi connectivity index (χ2n) is 1.74. The topological polar surface area (TPSA) is 53.6 Å². The maximum Gasteiger partial charge on any atom is 0.138 e. The van der Waals surface area contributed by atoms with Crippen molar-refractivity contribution in [1.82, 2.24) is 20.5 Å². The molecule has 1 aromatic heterocycles. The van der Waals surface area contributed by atoms with Crippen LogP contribution in [0.2, 0.25) is 0 Å². The molecular formula is C6H8N4. The lowest BCUT2D eigenvalue weighted by molar-refractivity contribution is 0.727. The molecule has 0 aliphatic heterocycles. The molecule has 0 aromatic carbocycles. The molecule has 0 aliphatic rings. The summed E-state index contributed by atoms with van der Waals surface area (Å²) in [5.41, 5.74) is 0. The Morgan fingerprint density at radius 2 is 2.70 bits per heavy atom. The fourth-order valence-corrected chi connectivity index (χ4v) is 0.569. The van der Waals surface area contributed by atoms with Crippen LogP contribution >= 0.6 is 0 Å². The van der Waals surface area contributed by atoms with Gasteiger partial charge in [0.2, 0.25) is 0 Å². The summed E-state index contributed by atoms with van der Waals surface area (Å²) in [5.74, 6) is 3.26. The zero-order valence-corrected chi connectivity index (χ0v) is 5.46. The minimum atomic E-state index is 0.556. The molecule has 2 N–H and O–H groups in total. The van der Waals surface area contributed by atoms with Gasteiger partial charge in [-0.05, 0) is 0 Å². The molecule has 0 bridgehead atoms. The standard InChI is InChI=1S/C6H8N4/c1-2-3-7-4-6-8-5-9-10-6/h1,5,7H,3-4H2,(H,8,9,10). The molecule has 0 aliphatic carbocycles. The van der Waals surface area contributed by atoms with Crippen molar-refractivity contribution in [3.05, 3.63) is 12.2 Å². The lowest BCUT2D eigenvalue weighted by atomic mass is 10.5. The Morgan fingerprint density at radius 1 is 1.80 bits per heavy atom. The summed E-state index contributed by atoms with van der Waals surface area (Å²) < 4.78 is 0. The minimum Gasteiger partial charge on any atom is -0.299 e. The van der Waals surface area contributed by atoms with Crippen LogP contribution in [0.3, 0.4) is 0 Å². The molecule has 0 saturated carbocycles. The number of aromatic nitrogens is 3. The molecule has 0 unspecified atom stereocenters. The van der Waals surface area contributed by atoms with Crippen molar-refractivity contribution in [1.29, 1.82) is 0 Å². The van der Waals surface area contributed by atoms with E-state index in [0.29, 0.717) is 13.1 Å². The second kappa shape index (κ2) is 3.64. The Kier molecular flexibility index (Phi) is 2.47. The average Bonchev–Trinajstić information content (AvgIpc) is 2.41. The van der Waals surface area contributed by atoms with Gasteiger partial charge in [-0.15, -0.1) is 6.42 Å². The van der Waals surface area contributed by atoms with Crippen LogP contribution in [0, 0.1) is 12.3 Å². The third-order valence-electron chi connectivity index (χ3n) is 0.984. The van der Waals surface area contributed by atoms with Gasteiger partial charge in [0.05, 0.1) is 13.1 Å². The molecule has 4 heteroatoms. The number of aromatic amines is 1. The highest BCUT2D eigenvalue weighted by atomic mass is 15.2. The summed E-state index contributed by atoms with van der Waals surface area (Å²) in [5, 5.41) is 9.34. The molecule has 1 rings (SSSR count). The zero-order valence-electron chi connectivity index (χ0n) is 5.46. The van der Waals surface area contributed by atoms with E-state index in [1.807, 2.05) is 0 Å². The Labute approximate surface area is 59.1 Å². The average molecular weight is 136 g/mol. The van der Waals surface area contributed by atoms with E-state index in [9.17, 15) is 0 Å². The van der Waals surface area contributed by atoms with Gasteiger partial charge in [-0.1, -0.05) is 5.92 Å². The van der Waals surface area contributed by atoms with E-state index in [1.165, 1.54) is 6.33 Å². The number of nitrogens with one attached hydrogen (secondary N) is 2. The second-order valence-corrected chi connectivity index (χ2v) is 1.74. The molecule has 0 saturated heterocycles. The van der Waals surface area contributed by atoms with Crippen molar-refractivity contribution >= 4 is 0 Å². The summed E-state index contributed by atoms with van der Waals surface area (Å²) in [6, 6.07) is 0. The van der Waals surface area contributed by atoms with Crippen LogP contribution in [0.25, 0.3) is 0 Å². The molecule has 0 atom stereocenters. The first kappa shape index (κ1) is 6.78. The number of nitrogens with zero attached hydrogens (tertiary/aromatic N) is 2. The van der Waals surface area contributed by atoms with Crippen molar-refractivity contribution in [3.63, 3.8) is 0 Å². The number of terminal acetylenes is 1. The summed E-state index contributed by atoms with van der Waals surface area (Å²) in [7, 11) is 0. The Balaban J connectivity index is 2.23. The van der Waals surface area contributed by atoms with E-state index in [2.05, 4.69) is 26.4 Å². The summed E-state index contributed by atoms with van der Waals surface area (Å²) in [6.45, 7) is 1.20. The van der Waals surface area contributed by atoms with Gasteiger partial charge in [0.25, 0.3) is 0 Å². The van der Waals surface area contributed by atoms with Crippen LogP contribution in [0.4, 0.5) is 0 Å². The summed E-state index contributed by atoms with van der Waals surface area (Å²) in [4.78, 5) is 3.89. The fourth-order valence-electron chi connectivity index (χ4n) is 0.569. The first-order chi connectivity index (χ1) is 4.93. The number of rotatable bonds is 3. The molecular weight excluding hydrogens is 128 g/mol. The lowest BCUT2D eigenvalue weighted by Crippen LogP contribution is -2.13. The van der Waals surface area contributed by atoms with Gasteiger partial charge in [0.1, 0.15) is 12.2 Å². The minimum absolute atomic E-state index is 0.556. The van der Waals surface area contributed by atoms with Crippen molar-refractivity contribution in [2.24, 2.45) is 0 Å². The number of hydrogen-bond donors (Lipinski definition) is 2. The number of hydrogen-bond acceptors (Lipinski definition) is 3. The Morgan fingerprint density at radius 3 is 3.30 bits per heavy atom. The Bertz CT molecular complexity index is 208. The lowest BCUT2D eigenvalue weighted by Gasteiger charge is -1.93. The van der Waals surface area contributed by atoms with Gasteiger partial charge in [-0.25, -0.2) is 4.98 Å². The third kappa shape index (κ3) is 1.88. The molecule has 4 nitrogen and oxygen atoms in total. The quantitative estimate of drug-likeness (QED) is 0.436. The van der Waals surface area contributed by atoms with Gasteiger partial charge in [-0.3, -0.25) is 10.4 Å². The smallest absolute Gasteiger partial charge is 0.138 e. The van der Waals surface area contributed by atoms with Gasteiger partial charge >= 0.3 is 0 Å². The Hall–Kier alpha value is -1.34. The fraction of sp³-hybridized carbons (Fsp3) is 0.333. The maximum absolute atomic E-state index is 5.01. The van der Waals surface area contributed by atoms with E-state index in [0.717, 1.165) is 5.82 Å². The molecule has 1 aromatic rings. The van der Waals surface area contributed by atoms with Gasteiger partial charge in [-0.2, -0.15) is 5.10 Å². The zero-order chi connectivity index (χ0) is 7.23. The van der Waals surface area contributed by atoms with Crippen LogP contribution < -0.4 is 5.32 Å². The van der Waals surface area contributed by atoms with Crippen LogP contribution in [-0.4, -0.2) is 21.7 Å². The predicted molar refractivity (Wildman–Crippen MR) is 36.9 cm³/mol. The first-order valence-electron chi connectivity index (χ1n) is 2.92. The molecule has 0 radical (unpaired) electrons. The van der Waals surface area contributed by atoms with E-state index < -0.39 is 0 Å². The van der Waals surface area contributed by atoms with E-state index in [1.54, 1.807) is 0 Å². The SMILES string of the molecule is C#CCNCc1ncn[nH]1. The van der Waals surface area contributed by atoms with Crippen LogP contribution in [0.15, 0.2) is 6.33 Å². The monoisotopic (exact) mass is 136 g/mol. The van der Waals surface area contributed by atoms with Gasteiger partial charge < -0.3 is 0 Å². The van der Waals surface area contributed by atoms with Crippen LogP contribution in [0.5, 0.6) is 0 Å². The molecule has 0 spiro atoms. The highest BCUT2D eigenvalue weighted by Crippen LogP contribution is 1.81. The van der Waals surface area contributed by atoms with E-state index in [-0.39, 0.29) is 0 Å². The van der Waals surface area contributed by atoms with E-state index >= 15 is 0 Å². The van der Waals surface area contributed by atoms with Crippen molar-refractivity contribution in [2.75, 3.05) is 6.54 Å². The number of H-pyrrole nitrogens is 1. The van der Waals surface area contributed by atoms with Crippen molar-refractivity contribution in [2.45, 2.75) is 6.54 Å². The van der Waals surface area contributed by atoms with Crippen LogP contribution in [-0.2, 0) is 6.54 Å². The normalized spacial score (nSPS) is 9.10. The molecule has 52 valence electrons.